The highest BCUT2D eigenvalue weighted by molar-refractivity contribution is 5.53. The van der Waals surface area contributed by atoms with E-state index in [9.17, 15) is 0 Å². The number of hydrogen-bond acceptors (Lipinski definition) is 8. The molecule has 128 valence electrons. The minimum absolute atomic E-state index is 0.260. The number of nitrogens with zero attached hydrogens (tertiary/aromatic N) is 5. The third kappa shape index (κ3) is 3.41. The van der Waals surface area contributed by atoms with Crippen LogP contribution < -0.4 is 16.8 Å². The molecule has 6 N–H and O–H groups in total. The molecule has 0 saturated heterocycles. The average molecular weight is 337 g/mol. The quantitative estimate of drug-likeness (QED) is 0.541. The molecule has 0 aromatic carbocycles. The number of nitrogen functional groups attached to an aromatic ring is 1. The third-order valence-electron chi connectivity index (χ3n) is 4.26. The standard InChI is InChI=1S/C16H19N9/c17-11-5-10(6-11)12-7-13(23-16(18)21-12)20-8-14-22-15(25-24-14)9-1-3-19-4-2-9/h1-4,7,10-11H,5-6,8,17H2,(H,22,24,25)(H3,18,20,21,23). The van der Waals surface area contributed by atoms with Gasteiger partial charge in [-0.05, 0) is 25.0 Å². The first kappa shape index (κ1) is 15.5. The van der Waals surface area contributed by atoms with Gasteiger partial charge in [-0.15, -0.1) is 0 Å². The van der Waals surface area contributed by atoms with E-state index in [1.54, 1.807) is 12.4 Å². The van der Waals surface area contributed by atoms with Crippen molar-refractivity contribution in [3.05, 3.63) is 42.1 Å². The lowest BCUT2D eigenvalue weighted by Crippen LogP contribution is -2.35. The van der Waals surface area contributed by atoms with E-state index in [2.05, 4.69) is 35.5 Å². The largest absolute Gasteiger partial charge is 0.368 e. The van der Waals surface area contributed by atoms with Crippen molar-refractivity contribution in [2.75, 3.05) is 11.1 Å². The second-order valence-electron chi connectivity index (χ2n) is 6.16. The summed E-state index contributed by atoms with van der Waals surface area (Å²) in [6, 6.07) is 5.91. The summed E-state index contributed by atoms with van der Waals surface area (Å²) in [5.41, 5.74) is 13.5. The normalized spacial score (nSPS) is 19.4. The molecule has 3 aromatic rings. The topological polar surface area (TPSA) is 144 Å². The van der Waals surface area contributed by atoms with Gasteiger partial charge in [0.2, 0.25) is 5.95 Å². The van der Waals surface area contributed by atoms with Crippen LogP contribution in [0.15, 0.2) is 30.6 Å². The minimum atomic E-state index is 0.260. The molecule has 3 heterocycles. The molecular weight excluding hydrogens is 318 g/mol. The maximum absolute atomic E-state index is 5.85. The van der Waals surface area contributed by atoms with Crippen LogP contribution in [-0.2, 0) is 6.54 Å². The van der Waals surface area contributed by atoms with E-state index < -0.39 is 0 Å². The molecule has 4 rings (SSSR count). The zero-order valence-electron chi connectivity index (χ0n) is 13.6. The van der Waals surface area contributed by atoms with Gasteiger partial charge in [-0.1, -0.05) is 0 Å². The van der Waals surface area contributed by atoms with E-state index in [4.69, 9.17) is 11.5 Å². The first-order valence-corrected chi connectivity index (χ1v) is 8.13. The molecule has 0 spiro atoms. The fourth-order valence-electron chi connectivity index (χ4n) is 2.87. The van der Waals surface area contributed by atoms with Crippen molar-refractivity contribution in [2.45, 2.75) is 31.3 Å². The fraction of sp³-hybridized carbons (Fsp3) is 0.312. The Labute approximate surface area is 144 Å². The molecule has 9 nitrogen and oxygen atoms in total. The Kier molecular flexibility index (Phi) is 3.98. The van der Waals surface area contributed by atoms with Gasteiger partial charge in [0.05, 0.1) is 12.2 Å². The van der Waals surface area contributed by atoms with Gasteiger partial charge in [0, 0.05) is 36.0 Å². The van der Waals surface area contributed by atoms with Crippen LogP contribution in [0.5, 0.6) is 0 Å². The summed E-state index contributed by atoms with van der Waals surface area (Å²) in [5.74, 6) is 2.63. The van der Waals surface area contributed by atoms with Crippen molar-refractivity contribution in [3.63, 3.8) is 0 Å². The average Bonchev–Trinajstić information content (AvgIpc) is 3.06. The van der Waals surface area contributed by atoms with E-state index in [1.807, 2.05) is 18.2 Å². The van der Waals surface area contributed by atoms with E-state index in [-0.39, 0.29) is 12.0 Å². The first-order valence-electron chi connectivity index (χ1n) is 8.13. The Bertz CT molecular complexity index is 855. The van der Waals surface area contributed by atoms with Gasteiger partial charge in [-0.3, -0.25) is 10.1 Å². The summed E-state index contributed by atoms with van der Waals surface area (Å²) in [4.78, 5) is 17.0. The van der Waals surface area contributed by atoms with Gasteiger partial charge in [0.15, 0.2) is 5.82 Å². The molecule has 0 atom stereocenters. The van der Waals surface area contributed by atoms with E-state index in [1.165, 1.54) is 0 Å². The number of anilines is 2. The van der Waals surface area contributed by atoms with Crippen LogP contribution in [0.25, 0.3) is 11.4 Å². The zero-order chi connectivity index (χ0) is 17.2. The molecule has 1 saturated carbocycles. The molecular formula is C16H19N9. The van der Waals surface area contributed by atoms with Gasteiger partial charge in [0.1, 0.15) is 11.6 Å². The van der Waals surface area contributed by atoms with Gasteiger partial charge >= 0.3 is 0 Å². The van der Waals surface area contributed by atoms with Crippen molar-refractivity contribution in [2.24, 2.45) is 5.73 Å². The number of hydrogen-bond donors (Lipinski definition) is 4. The first-order chi connectivity index (χ1) is 12.2. The van der Waals surface area contributed by atoms with Crippen LogP contribution in [0.4, 0.5) is 11.8 Å². The van der Waals surface area contributed by atoms with E-state index in [0.29, 0.717) is 29.9 Å². The molecule has 1 fully saturated rings. The Balaban J connectivity index is 1.44. The van der Waals surface area contributed by atoms with Crippen LogP contribution in [0.2, 0.25) is 0 Å². The smallest absolute Gasteiger partial charge is 0.222 e. The second kappa shape index (κ2) is 6.44. The van der Waals surface area contributed by atoms with Crippen LogP contribution in [0, 0.1) is 0 Å². The van der Waals surface area contributed by atoms with Crippen molar-refractivity contribution in [3.8, 4) is 11.4 Å². The lowest BCUT2D eigenvalue weighted by Gasteiger charge is -2.32. The highest BCUT2D eigenvalue weighted by atomic mass is 15.2. The van der Waals surface area contributed by atoms with Crippen LogP contribution in [-0.4, -0.2) is 36.2 Å². The zero-order valence-corrected chi connectivity index (χ0v) is 13.6. The summed E-state index contributed by atoms with van der Waals surface area (Å²) < 4.78 is 0. The van der Waals surface area contributed by atoms with Gasteiger partial charge in [-0.2, -0.15) is 10.1 Å². The van der Waals surface area contributed by atoms with Crippen LogP contribution in [0.1, 0.15) is 30.3 Å². The lowest BCUT2D eigenvalue weighted by molar-refractivity contribution is 0.345. The maximum atomic E-state index is 5.85. The molecule has 25 heavy (non-hydrogen) atoms. The molecule has 0 aliphatic heterocycles. The number of pyridine rings is 1. The molecule has 1 aliphatic rings. The summed E-state index contributed by atoms with van der Waals surface area (Å²) >= 11 is 0. The lowest BCUT2D eigenvalue weighted by atomic mass is 9.78. The predicted molar refractivity (Wildman–Crippen MR) is 93.3 cm³/mol. The Morgan fingerprint density at radius 1 is 1.16 bits per heavy atom. The predicted octanol–water partition coefficient (Wildman–Crippen LogP) is 1.06. The number of nitrogens with one attached hydrogen (secondary N) is 2. The monoisotopic (exact) mass is 337 g/mol. The summed E-state index contributed by atoms with van der Waals surface area (Å²) in [7, 11) is 0. The molecule has 0 unspecified atom stereocenters. The summed E-state index contributed by atoms with van der Waals surface area (Å²) in [6.45, 7) is 0.457. The van der Waals surface area contributed by atoms with Crippen molar-refractivity contribution in [1.29, 1.82) is 0 Å². The fourth-order valence-corrected chi connectivity index (χ4v) is 2.87. The van der Waals surface area contributed by atoms with Crippen molar-refractivity contribution >= 4 is 11.8 Å². The van der Waals surface area contributed by atoms with Crippen LogP contribution >= 0.6 is 0 Å². The number of nitrogens with two attached hydrogens (primary N) is 2. The van der Waals surface area contributed by atoms with Gasteiger partial charge in [0.25, 0.3) is 0 Å². The highest BCUT2D eigenvalue weighted by Crippen LogP contribution is 2.35. The SMILES string of the molecule is Nc1nc(NCc2nc(-c3ccncc3)n[nH]2)cc(C2CC(N)C2)n1. The molecule has 1 aliphatic carbocycles. The molecule has 9 heteroatoms. The second-order valence-corrected chi connectivity index (χ2v) is 6.16. The number of H-pyrrole nitrogens is 1. The Hall–Kier alpha value is -3.07. The summed E-state index contributed by atoms with van der Waals surface area (Å²) in [6.07, 6.45) is 5.29. The maximum Gasteiger partial charge on any atom is 0.222 e. The van der Waals surface area contributed by atoms with E-state index in [0.717, 1.165) is 24.1 Å². The summed E-state index contributed by atoms with van der Waals surface area (Å²) in [5, 5.41) is 10.3. The number of rotatable bonds is 5. The van der Waals surface area contributed by atoms with Gasteiger partial charge in [-0.25, -0.2) is 9.97 Å². The number of aromatic nitrogens is 6. The van der Waals surface area contributed by atoms with E-state index >= 15 is 0 Å². The minimum Gasteiger partial charge on any atom is -0.368 e. The Morgan fingerprint density at radius 2 is 1.96 bits per heavy atom. The van der Waals surface area contributed by atoms with Gasteiger partial charge < -0.3 is 16.8 Å². The van der Waals surface area contributed by atoms with Crippen molar-refractivity contribution < 1.29 is 0 Å². The molecule has 0 bridgehead atoms. The number of aromatic amines is 1. The molecule has 0 radical (unpaired) electrons. The molecule has 3 aromatic heterocycles. The van der Waals surface area contributed by atoms with Crippen molar-refractivity contribution in [1.82, 2.24) is 30.1 Å². The third-order valence-corrected chi connectivity index (χ3v) is 4.26. The molecule has 0 amide bonds. The van der Waals surface area contributed by atoms with Crippen LogP contribution in [0.3, 0.4) is 0 Å². The highest BCUT2D eigenvalue weighted by Gasteiger charge is 2.29. The Morgan fingerprint density at radius 3 is 2.72 bits per heavy atom.